The van der Waals surface area contributed by atoms with Gasteiger partial charge in [0.1, 0.15) is 0 Å². The summed E-state index contributed by atoms with van der Waals surface area (Å²) in [6.07, 6.45) is 5.74. The van der Waals surface area contributed by atoms with Gasteiger partial charge < -0.3 is 0 Å². The Balaban J connectivity index is 1.58. The summed E-state index contributed by atoms with van der Waals surface area (Å²) in [5.41, 5.74) is 13.5. The number of nitrogens with zero attached hydrogens (tertiary/aromatic N) is 3. The van der Waals surface area contributed by atoms with Crippen molar-refractivity contribution in [1.82, 2.24) is 15.0 Å². The van der Waals surface area contributed by atoms with E-state index < -0.39 is 0 Å². The maximum atomic E-state index is 4.90. The molecule has 174 valence electrons. The van der Waals surface area contributed by atoms with Gasteiger partial charge in [-0.2, -0.15) is 0 Å². The van der Waals surface area contributed by atoms with Crippen LogP contribution in [0.15, 0.2) is 91.4 Å². The number of benzene rings is 3. The zero-order valence-electron chi connectivity index (χ0n) is 21.0. The van der Waals surface area contributed by atoms with Gasteiger partial charge in [-0.25, -0.2) is 0 Å². The Morgan fingerprint density at radius 3 is 2.06 bits per heavy atom. The smallest absolute Gasteiger partial charge is 0.0788 e. The van der Waals surface area contributed by atoms with E-state index in [2.05, 4.69) is 93.3 Å². The topological polar surface area (TPSA) is 38.7 Å². The molecule has 6 aromatic rings. The Morgan fingerprint density at radius 2 is 1.28 bits per heavy atom. The van der Waals surface area contributed by atoms with Gasteiger partial charge in [0.25, 0.3) is 0 Å². The molecule has 0 aliphatic rings. The molecule has 3 nitrogen and oxygen atoms in total. The Labute approximate surface area is 211 Å². The molecule has 3 heterocycles. The molecule has 36 heavy (non-hydrogen) atoms. The minimum Gasteiger partial charge on any atom is -0.256 e. The predicted molar refractivity (Wildman–Crippen MR) is 150 cm³/mol. The van der Waals surface area contributed by atoms with Gasteiger partial charge in [-0.05, 0) is 109 Å². The van der Waals surface area contributed by atoms with Crippen LogP contribution in [-0.2, 0) is 0 Å². The predicted octanol–water partition coefficient (Wildman–Crippen LogP) is 8.41. The molecule has 0 saturated carbocycles. The van der Waals surface area contributed by atoms with Crippen LogP contribution in [0.4, 0.5) is 0 Å². The van der Waals surface area contributed by atoms with E-state index in [0.717, 1.165) is 55.3 Å². The second kappa shape index (κ2) is 8.69. The SMILES string of the molecule is Cc1cc(-c2cc(-c3ccccn3)ccc2C)cc(-c2cc3ncc(C)cc3c3cc(C)cnc23)c1. The highest BCUT2D eigenvalue weighted by atomic mass is 14.7. The van der Waals surface area contributed by atoms with Gasteiger partial charge in [-0.15, -0.1) is 0 Å². The molecule has 0 amide bonds. The largest absolute Gasteiger partial charge is 0.256 e. The van der Waals surface area contributed by atoms with Crippen LogP contribution in [0, 0.1) is 27.7 Å². The summed E-state index contributed by atoms with van der Waals surface area (Å²) in [4.78, 5) is 14.2. The lowest BCUT2D eigenvalue weighted by atomic mass is 9.91. The molecule has 0 fully saturated rings. The molecule has 3 heteroatoms. The lowest BCUT2D eigenvalue weighted by Gasteiger charge is -2.15. The average molecular weight is 466 g/mol. The summed E-state index contributed by atoms with van der Waals surface area (Å²) in [7, 11) is 0. The van der Waals surface area contributed by atoms with E-state index in [9.17, 15) is 0 Å². The van der Waals surface area contributed by atoms with Crippen molar-refractivity contribution in [3.8, 4) is 33.5 Å². The van der Waals surface area contributed by atoms with Crippen LogP contribution in [0.25, 0.3) is 55.3 Å². The highest BCUT2D eigenvalue weighted by Gasteiger charge is 2.14. The zero-order chi connectivity index (χ0) is 24.8. The zero-order valence-corrected chi connectivity index (χ0v) is 21.0. The summed E-state index contributed by atoms with van der Waals surface area (Å²) < 4.78 is 0. The summed E-state index contributed by atoms with van der Waals surface area (Å²) in [6, 6.07) is 26.0. The first-order chi connectivity index (χ1) is 17.5. The minimum absolute atomic E-state index is 0.980. The van der Waals surface area contributed by atoms with Gasteiger partial charge in [0.2, 0.25) is 0 Å². The molecule has 0 saturated heterocycles. The molecular formula is C33H27N3. The average Bonchev–Trinajstić information content (AvgIpc) is 2.88. The molecule has 3 aromatic carbocycles. The fourth-order valence-corrected chi connectivity index (χ4v) is 5.04. The molecule has 0 unspecified atom stereocenters. The molecule has 0 atom stereocenters. The molecule has 3 aromatic heterocycles. The highest BCUT2D eigenvalue weighted by Crippen LogP contribution is 2.37. The van der Waals surface area contributed by atoms with Crippen LogP contribution in [0.1, 0.15) is 22.3 Å². The molecule has 0 aliphatic carbocycles. The maximum Gasteiger partial charge on any atom is 0.0788 e. The number of hydrogen-bond acceptors (Lipinski definition) is 3. The van der Waals surface area contributed by atoms with E-state index in [-0.39, 0.29) is 0 Å². The molecule has 0 N–H and O–H groups in total. The van der Waals surface area contributed by atoms with Gasteiger partial charge in [0, 0.05) is 40.5 Å². The van der Waals surface area contributed by atoms with Gasteiger partial charge >= 0.3 is 0 Å². The van der Waals surface area contributed by atoms with Crippen molar-refractivity contribution in [3.63, 3.8) is 0 Å². The van der Waals surface area contributed by atoms with Crippen LogP contribution in [-0.4, -0.2) is 15.0 Å². The van der Waals surface area contributed by atoms with E-state index in [1.807, 2.05) is 30.7 Å². The third kappa shape index (κ3) is 3.93. The third-order valence-corrected chi connectivity index (χ3v) is 6.80. The monoisotopic (exact) mass is 465 g/mol. The van der Waals surface area contributed by atoms with Crippen molar-refractivity contribution in [1.29, 1.82) is 0 Å². The molecule has 0 radical (unpaired) electrons. The quantitative estimate of drug-likeness (QED) is 0.246. The van der Waals surface area contributed by atoms with Crippen LogP contribution >= 0.6 is 0 Å². The number of aromatic nitrogens is 3. The van der Waals surface area contributed by atoms with E-state index in [4.69, 9.17) is 9.97 Å². The number of pyridine rings is 3. The standard InChI is InChI=1S/C33H27N3/c1-20-11-25(27-16-24(9-8-23(27)4)31-7-5-6-10-34-31)15-26(12-20)28-17-32-29(13-21(2)18-35-32)30-14-22(3)19-36-33(28)30/h5-19H,1-4H3. The third-order valence-electron chi connectivity index (χ3n) is 6.80. The maximum absolute atomic E-state index is 4.90. The number of aryl methyl sites for hydroxylation is 4. The minimum atomic E-state index is 0.980. The lowest BCUT2D eigenvalue weighted by Crippen LogP contribution is -1.93. The van der Waals surface area contributed by atoms with Gasteiger partial charge in [-0.1, -0.05) is 30.3 Å². The summed E-state index contributed by atoms with van der Waals surface area (Å²) >= 11 is 0. The van der Waals surface area contributed by atoms with E-state index in [1.54, 1.807) is 0 Å². The number of hydrogen-bond donors (Lipinski definition) is 0. The number of rotatable bonds is 3. The second-order valence-electron chi connectivity index (χ2n) is 9.74. The fourth-order valence-electron chi connectivity index (χ4n) is 5.04. The molecule has 0 bridgehead atoms. The Morgan fingerprint density at radius 1 is 0.528 bits per heavy atom. The van der Waals surface area contributed by atoms with Crippen molar-refractivity contribution in [2.24, 2.45) is 0 Å². The van der Waals surface area contributed by atoms with Gasteiger partial charge in [-0.3, -0.25) is 15.0 Å². The van der Waals surface area contributed by atoms with Crippen LogP contribution in [0.2, 0.25) is 0 Å². The fraction of sp³-hybridized carbons (Fsp3) is 0.121. The normalized spacial score (nSPS) is 11.3. The van der Waals surface area contributed by atoms with E-state index >= 15 is 0 Å². The van der Waals surface area contributed by atoms with Crippen molar-refractivity contribution in [3.05, 3.63) is 114 Å². The first-order valence-corrected chi connectivity index (χ1v) is 12.3. The van der Waals surface area contributed by atoms with Crippen molar-refractivity contribution in [2.45, 2.75) is 27.7 Å². The Hall–Kier alpha value is -4.37. The summed E-state index contributed by atoms with van der Waals surface area (Å²) in [6.45, 7) is 8.51. The molecule has 0 aliphatic heterocycles. The lowest BCUT2D eigenvalue weighted by molar-refractivity contribution is 1.31. The Bertz CT molecular complexity index is 1770. The second-order valence-corrected chi connectivity index (χ2v) is 9.74. The highest BCUT2D eigenvalue weighted by molar-refractivity contribution is 6.11. The Kier molecular flexibility index (Phi) is 5.34. The van der Waals surface area contributed by atoms with Gasteiger partial charge in [0.05, 0.1) is 16.7 Å². The van der Waals surface area contributed by atoms with Crippen molar-refractivity contribution < 1.29 is 0 Å². The van der Waals surface area contributed by atoms with Crippen LogP contribution in [0.5, 0.6) is 0 Å². The summed E-state index contributed by atoms with van der Waals surface area (Å²) in [5.74, 6) is 0. The molecular weight excluding hydrogens is 438 g/mol. The first-order valence-electron chi connectivity index (χ1n) is 12.3. The van der Waals surface area contributed by atoms with Crippen molar-refractivity contribution in [2.75, 3.05) is 0 Å². The summed E-state index contributed by atoms with van der Waals surface area (Å²) in [5, 5.41) is 2.30. The van der Waals surface area contributed by atoms with Crippen LogP contribution < -0.4 is 0 Å². The first kappa shape index (κ1) is 22.1. The molecule has 0 spiro atoms. The number of fused-ring (bicyclic) bond motifs is 3. The van der Waals surface area contributed by atoms with E-state index in [1.165, 1.54) is 22.3 Å². The van der Waals surface area contributed by atoms with Crippen LogP contribution in [0.3, 0.4) is 0 Å². The van der Waals surface area contributed by atoms with E-state index in [0.29, 0.717) is 0 Å². The molecule has 6 rings (SSSR count). The van der Waals surface area contributed by atoms with Crippen molar-refractivity contribution >= 4 is 21.8 Å². The van der Waals surface area contributed by atoms with Gasteiger partial charge in [0.15, 0.2) is 0 Å².